The average Bonchev–Trinajstić information content (AvgIpc) is 3.88. The Kier molecular flexibility index (Phi) is 9.70. The molecule has 1 unspecified atom stereocenters. The van der Waals surface area contributed by atoms with Crippen molar-refractivity contribution in [3.63, 3.8) is 0 Å². The van der Waals surface area contributed by atoms with E-state index in [1.165, 1.54) is 55.4 Å². The zero-order valence-corrected chi connectivity index (χ0v) is 35.3. The number of hydrogen-bond donors (Lipinski definition) is 1. The van der Waals surface area contributed by atoms with Crippen molar-refractivity contribution in [3.8, 4) is 33.8 Å². The van der Waals surface area contributed by atoms with Gasteiger partial charge in [-0.1, -0.05) is 163 Å². The Morgan fingerprint density at radius 1 is 0.460 bits per heavy atom. The smallest absolute Gasteiger partial charge is 0.130 e. The van der Waals surface area contributed by atoms with Crippen LogP contribution in [0.25, 0.3) is 44.1 Å². The van der Waals surface area contributed by atoms with Gasteiger partial charge in [0.05, 0.1) is 28.1 Å². The number of aromatic nitrogens is 1. The van der Waals surface area contributed by atoms with E-state index >= 15 is 0 Å². The Bertz CT molecular complexity index is 3170. The van der Waals surface area contributed by atoms with Crippen LogP contribution in [0, 0.1) is 13.8 Å². The van der Waals surface area contributed by atoms with Gasteiger partial charge in [-0.05, 0) is 85.1 Å². The Hall–Kier alpha value is -8.02. The minimum absolute atomic E-state index is 0.179. The number of ether oxygens (including phenoxy) is 1. The molecule has 0 radical (unpaired) electrons. The topological polar surface area (TPSA) is 32.7 Å². The number of anilines is 5. The van der Waals surface area contributed by atoms with Crippen LogP contribution >= 0.6 is 0 Å². The van der Waals surface area contributed by atoms with E-state index in [4.69, 9.17) is 4.74 Å². The molecule has 2 heterocycles. The van der Waals surface area contributed by atoms with Gasteiger partial charge < -0.3 is 24.4 Å². The summed E-state index contributed by atoms with van der Waals surface area (Å²) in [6.45, 7) is 4.89. The van der Waals surface area contributed by atoms with Crippen LogP contribution in [-0.2, 0) is 0 Å². The molecule has 0 bridgehead atoms. The first kappa shape index (κ1) is 37.9. The number of hydrogen-bond acceptors (Lipinski definition) is 4. The van der Waals surface area contributed by atoms with Crippen LogP contribution in [0.5, 0.6) is 11.5 Å². The van der Waals surface area contributed by atoms with Crippen molar-refractivity contribution in [3.05, 3.63) is 235 Å². The van der Waals surface area contributed by atoms with Gasteiger partial charge in [0.15, 0.2) is 0 Å². The lowest BCUT2D eigenvalue weighted by Gasteiger charge is -2.27. The minimum atomic E-state index is -0.179. The molecule has 10 aromatic rings. The molecular weight excluding hydrogens is 769 g/mol. The number of benzene rings is 9. The van der Waals surface area contributed by atoms with Crippen LogP contribution in [0.2, 0.25) is 0 Å². The molecule has 1 aromatic heterocycles. The highest BCUT2D eigenvalue weighted by Crippen LogP contribution is 2.50. The summed E-state index contributed by atoms with van der Waals surface area (Å²) in [6.07, 6.45) is -0.179. The maximum Gasteiger partial charge on any atom is 0.130 e. The summed E-state index contributed by atoms with van der Waals surface area (Å²) in [7, 11) is 0. The molecule has 0 saturated carbocycles. The van der Waals surface area contributed by atoms with Gasteiger partial charge in [0, 0.05) is 45.4 Å². The quantitative estimate of drug-likeness (QED) is 0.149. The molecular formula is C58H46N4O. The standard InChI is InChI=1S/C58H46N4O/c1-40-27-31-44(32-28-40)58(59-45-33-29-41(2)30-34-45)62-53-24-10-9-21-51(53)52-36-35-48(38-56(52)62)63-47-20-13-19-46(37-47)60-39-61(55-26-12-11-25-54(55)60)57-49(42-15-5-3-6-16-42)22-14-23-50(57)43-17-7-4-8-18-43/h3-38,58-59H,39H2,1-2H3. The number of nitrogens with zero attached hydrogens (tertiary/aromatic N) is 3. The second-order valence-electron chi connectivity index (χ2n) is 16.4. The van der Waals surface area contributed by atoms with Crippen LogP contribution in [-0.4, -0.2) is 11.2 Å². The van der Waals surface area contributed by atoms with Gasteiger partial charge >= 0.3 is 0 Å². The van der Waals surface area contributed by atoms with Crippen LogP contribution < -0.4 is 19.9 Å². The maximum atomic E-state index is 6.85. The van der Waals surface area contributed by atoms with Gasteiger partial charge in [0.1, 0.15) is 24.3 Å². The fourth-order valence-electron chi connectivity index (χ4n) is 9.19. The minimum Gasteiger partial charge on any atom is -0.457 e. The molecule has 1 aliphatic rings. The van der Waals surface area contributed by atoms with Gasteiger partial charge in [0.2, 0.25) is 0 Å². The molecule has 1 N–H and O–H groups in total. The van der Waals surface area contributed by atoms with E-state index in [1.54, 1.807) is 0 Å². The molecule has 0 aliphatic carbocycles. The van der Waals surface area contributed by atoms with E-state index in [-0.39, 0.29) is 6.17 Å². The molecule has 63 heavy (non-hydrogen) atoms. The fraction of sp³-hybridized carbons (Fsp3) is 0.0690. The fourth-order valence-corrected chi connectivity index (χ4v) is 9.19. The summed E-state index contributed by atoms with van der Waals surface area (Å²) in [5, 5.41) is 6.27. The first-order valence-electron chi connectivity index (χ1n) is 21.6. The first-order valence-corrected chi connectivity index (χ1v) is 21.6. The van der Waals surface area contributed by atoms with Gasteiger partial charge in [0.25, 0.3) is 0 Å². The molecule has 1 aliphatic heterocycles. The van der Waals surface area contributed by atoms with E-state index in [0.717, 1.165) is 45.3 Å². The van der Waals surface area contributed by atoms with Crippen LogP contribution in [0.15, 0.2) is 218 Å². The molecule has 5 nitrogen and oxygen atoms in total. The Morgan fingerprint density at radius 3 is 1.73 bits per heavy atom. The number of aryl methyl sites for hydroxylation is 2. The number of rotatable bonds is 10. The van der Waals surface area contributed by atoms with Crippen LogP contribution in [0.3, 0.4) is 0 Å². The lowest BCUT2D eigenvalue weighted by molar-refractivity contribution is 0.483. The molecule has 9 aromatic carbocycles. The summed E-state index contributed by atoms with van der Waals surface area (Å²) in [5.74, 6) is 1.54. The third-order valence-corrected chi connectivity index (χ3v) is 12.3. The molecule has 0 spiro atoms. The summed E-state index contributed by atoms with van der Waals surface area (Å²) in [4.78, 5) is 4.86. The van der Waals surface area contributed by atoms with Crippen molar-refractivity contribution < 1.29 is 4.74 Å². The van der Waals surface area contributed by atoms with Gasteiger partial charge in [-0.25, -0.2) is 0 Å². The molecule has 1 atom stereocenters. The van der Waals surface area contributed by atoms with E-state index < -0.39 is 0 Å². The summed E-state index contributed by atoms with van der Waals surface area (Å²) < 4.78 is 9.27. The van der Waals surface area contributed by atoms with Crippen molar-refractivity contribution in [1.29, 1.82) is 0 Å². The first-order chi connectivity index (χ1) is 31.1. The second kappa shape index (κ2) is 16.1. The normalized spacial score (nSPS) is 12.7. The monoisotopic (exact) mass is 814 g/mol. The van der Waals surface area contributed by atoms with Gasteiger partial charge in [-0.3, -0.25) is 0 Å². The van der Waals surface area contributed by atoms with Gasteiger partial charge in [-0.15, -0.1) is 0 Å². The Balaban J connectivity index is 0.974. The molecule has 5 heteroatoms. The molecule has 0 saturated heterocycles. The van der Waals surface area contributed by atoms with Crippen molar-refractivity contribution in [1.82, 2.24) is 4.57 Å². The molecule has 11 rings (SSSR count). The summed E-state index contributed by atoms with van der Waals surface area (Å²) in [6, 6.07) is 78.0. The number of para-hydroxylation sites is 4. The lowest BCUT2D eigenvalue weighted by Crippen LogP contribution is -2.24. The van der Waals surface area contributed by atoms with Crippen LogP contribution in [0.1, 0.15) is 22.9 Å². The molecule has 0 amide bonds. The van der Waals surface area contributed by atoms with Gasteiger partial charge in [-0.2, -0.15) is 0 Å². The summed E-state index contributed by atoms with van der Waals surface area (Å²) >= 11 is 0. The zero-order chi connectivity index (χ0) is 42.3. The molecule has 304 valence electrons. The number of fused-ring (bicyclic) bond motifs is 4. The Labute approximate surface area is 368 Å². The van der Waals surface area contributed by atoms with Crippen molar-refractivity contribution in [2.24, 2.45) is 0 Å². The van der Waals surface area contributed by atoms with Crippen molar-refractivity contribution in [2.75, 3.05) is 21.8 Å². The van der Waals surface area contributed by atoms with E-state index in [9.17, 15) is 0 Å². The largest absolute Gasteiger partial charge is 0.457 e. The Morgan fingerprint density at radius 2 is 1.03 bits per heavy atom. The molecule has 0 fully saturated rings. The highest BCUT2D eigenvalue weighted by Gasteiger charge is 2.31. The third kappa shape index (κ3) is 7.13. The predicted molar refractivity (Wildman–Crippen MR) is 263 cm³/mol. The second-order valence-corrected chi connectivity index (χ2v) is 16.4. The third-order valence-electron chi connectivity index (χ3n) is 12.3. The summed E-state index contributed by atoms with van der Waals surface area (Å²) in [5.41, 5.74) is 16.2. The van der Waals surface area contributed by atoms with E-state index in [2.05, 4.69) is 252 Å². The van der Waals surface area contributed by atoms with E-state index in [1.807, 2.05) is 0 Å². The zero-order valence-electron chi connectivity index (χ0n) is 35.3. The average molecular weight is 815 g/mol. The van der Waals surface area contributed by atoms with E-state index in [0.29, 0.717) is 6.67 Å². The number of nitrogens with one attached hydrogen (secondary N) is 1. The lowest BCUT2D eigenvalue weighted by atomic mass is 9.95. The maximum absolute atomic E-state index is 6.85. The van der Waals surface area contributed by atoms with Crippen molar-refractivity contribution >= 4 is 50.2 Å². The highest BCUT2D eigenvalue weighted by atomic mass is 16.5. The SMILES string of the molecule is Cc1ccc(NC(c2ccc(C)cc2)n2c3ccccc3c3ccc(Oc4cccc(N5CN(c6c(-c7ccccc7)cccc6-c6ccccc6)c6ccccc65)c4)cc32)cc1. The predicted octanol–water partition coefficient (Wildman–Crippen LogP) is 15.4. The van der Waals surface area contributed by atoms with Crippen molar-refractivity contribution in [2.45, 2.75) is 20.0 Å². The van der Waals surface area contributed by atoms with Crippen LogP contribution in [0.4, 0.5) is 28.4 Å². The highest BCUT2D eigenvalue weighted by molar-refractivity contribution is 6.09.